The first-order chi connectivity index (χ1) is 8.91. The maximum atomic E-state index is 12.2. The summed E-state index contributed by atoms with van der Waals surface area (Å²) in [5, 5.41) is 0. The molecule has 1 aromatic carbocycles. The van der Waals surface area contributed by atoms with Crippen molar-refractivity contribution in [2.75, 3.05) is 20.3 Å². The summed E-state index contributed by atoms with van der Waals surface area (Å²) in [6.45, 7) is 0.636. The summed E-state index contributed by atoms with van der Waals surface area (Å²) < 4.78 is 52.3. The van der Waals surface area contributed by atoms with Crippen LogP contribution in [0.5, 0.6) is 17.2 Å². The third-order valence-corrected chi connectivity index (χ3v) is 2.57. The molecule has 1 aliphatic heterocycles. The number of carbonyl (C=O) groups excluding carboxylic acids is 1. The van der Waals surface area contributed by atoms with Crippen molar-refractivity contribution >= 4 is 5.78 Å². The van der Waals surface area contributed by atoms with Crippen molar-refractivity contribution in [2.45, 2.75) is 12.6 Å². The van der Waals surface area contributed by atoms with Gasteiger partial charge in [-0.15, -0.1) is 0 Å². The maximum absolute atomic E-state index is 12.2. The fourth-order valence-electron chi connectivity index (χ4n) is 1.72. The van der Waals surface area contributed by atoms with E-state index < -0.39 is 18.4 Å². The van der Waals surface area contributed by atoms with Crippen LogP contribution in [0, 0.1) is 0 Å². The summed E-state index contributed by atoms with van der Waals surface area (Å²) in [6, 6.07) is 2.71. The first kappa shape index (κ1) is 13.5. The smallest absolute Gasteiger partial charge is 0.450 e. The molecular weight excluding hydrogens is 265 g/mol. The number of carbonyl (C=O) groups is 1. The maximum Gasteiger partial charge on any atom is 0.450 e. The molecule has 0 saturated carbocycles. The highest BCUT2D eigenvalue weighted by Gasteiger charge is 2.38. The van der Waals surface area contributed by atoms with E-state index in [-0.39, 0.29) is 17.1 Å². The van der Waals surface area contributed by atoms with Gasteiger partial charge in [-0.25, -0.2) is 0 Å². The second-order valence-corrected chi connectivity index (χ2v) is 3.92. The van der Waals surface area contributed by atoms with Gasteiger partial charge in [0, 0.05) is 6.42 Å². The Morgan fingerprint density at radius 3 is 2.63 bits per heavy atom. The third kappa shape index (κ3) is 2.91. The summed E-state index contributed by atoms with van der Waals surface area (Å²) in [6.07, 6.45) is -5.60. The summed E-state index contributed by atoms with van der Waals surface area (Å²) in [4.78, 5) is 11.0. The van der Waals surface area contributed by atoms with E-state index in [1.165, 1.54) is 19.2 Å². The minimum atomic E-state index is -4.85. The zero-order chi connectivity index (χ0) is 14.0. The van der Waals surface area contributed by atoms with Crippen LogP contribution in [-0.2, 0) is 11.2 Å². The second-order valence-electron chi connectivity index (χ2n) is 3.92. The van der Waals surface area contributed by atoms with Gasteiger partial charge in [-0.05, 0) is 17.7 Å². The van der Waals surface area contributed by atoms with Crippen LogP contribution in [0.4, 0.5) is 13.2 Å². The largest absolute Gasteiger partial charge is 0.493 e. The average Bonchev–Trinajstić information content (AvgIpc) is 2.36. The van der Waals surface area contributed by atoms with Crippen molar-refractivity contribution in [3.8, 4) is 17.2 Å². The van der Waals surface area contributed by atoms with Crippen LogP contribution in [0.25, 0.3) is 0 Å². The fraction of sp³-hybridized carbons (Fsp3) is 0.417. The lowest BCUT2D eigenvalue weighted by molar-refractivity contribution is -0.170. The Bertz CT molecular complexity index is 479. The number of ether oxygens (including phenoxy) is 3. The Morgan fingerprint density at radius 1 is 1.32 bits per heavy atom. The van der Waals surface area contributed by atoms with E-state index in [1.54, 1.807) is 0 Å². The Morgan fingerprint density at radius 2 is 2.00 bits per heavy atom. The predicted molar refractivity (Wildman–Crippen MR) is 58.8 cm³/mol. The van der Waals surface area contributed by atoms with Crippen LogP contribution < -0.4 is 14.2 Å². The van der Waals surface area contributed by atoms with Crippen molar-refractivity contribution in [3.05, 3.63) is 17.7 Å². The number of Topliss-reactive ketones (excluding diaryl/α,β-unsaturated/α-hetero) is 1. The molecule has 0 unspecified atom stereocenters. The van der Waals surface area contributed by atoms with E-state index in [2.05, 4.69) is 0 Å². The SMILES string of the molecule is COc1cc(CC(=O)C(F)(F)F)cc2c1OCCO2. The van der Waals surface area contributed by atoms with Crippen molar-refractivity contribution in [3.63, 3.8) is 0 Å². The number of fused-ring (bicyclic) bond motifs is 1. The quantitative estimate of drug-likeness (QED) is 0.848. The highest BCUT2D eigenvalue weighted by atomic mass is 19.4. The normalized spacial score (nSPS) is 14.1. The molecule has 0 N–H and O–H groups in total. The van der Waals surface area contributed by atoms with E-state index in [0.29, 0.717) is 19.0 Å². The number of benzene rings is 1. The number of hydrogen-bond donors (Lipinski definition) is 0. The molecule has 0 spiro atoms. The fourth-order valence-corrected chi connectivity index (χ4v) is 1.72. The van der Waals surface area contributed by atoms with Gasteiger partial charge in [0.2, 0.25) is 11.5 Å². The molecule has 0 bridgehead atoms. The monoisotopic (exact) mass is 276 g/mol. The highest BCUT2D eigenvalue weighted by Crippen LogP contribution is 2.40. The van der Waals surface area contributed by atoms with E-state index in [1.807, 2.05) is 0 Å². The molecule has 2 rings (SSSR count). The molecule has 0 aliphatic carbocycles. The van der Waals surface area contributed by atoms with Crippen LogP contribution in [0.15, 0.2) is 12.1 Å². The number of halogens is 3. The van der Waals surface area contributed by atoms with Crippen LogP contribution in [0.2, 0.25) is 0 Å². The molecular formula is C12H11F3O4. The van der Waals surface area contributed by atoms with Crippen LogP contribution in [0.1, 0.15) is 5.56 Å². The number of methoxy groups -OCH3 is 1. The molecule has 0 atom stereocenters. The van der Waals surface area contributed by atoms with Gasteiger partial charge < -0.3 is 14.2 Å². The molecule has 104 valence electrons. The molecule has 0 amide bonds. The molecule has 19 heavy (non-hydrogen) atoms. The summed E-state index contributed by atoms with van der Waals surface area (Å²) in [5.74, 6) is -0.930. The Kier molecular flexibility index (Phi) is 3.55. The van der Waals surface area contributed by atoms with Gasteiger partial charge in [0.1, 0.15) is 13.2 Å². The van der Waals surface area contributed by atoms with Crippen molar-refractivity contribution in [1.82, 2.24) is 0 Å². The Hall–Kier alpha value is -1.92. The first-order valence-corrected chi connectivity index (χ1v) is 5.48. The molecule has 4 nitrogen and oxygen atoms in total. The van der Waals surface area contributed by atoms with Gasteiger partial charge in [0.05, 0.1) is 7.11 Å². The average molecular weight is 276 g/mol. The molecule has 1 aliphatic rings. The van der Waals surface area contributed by atoms with Gasteiger partial charge in [-0.2, -0.15) is 13.2 Å². The van der Waals surface area contributed by atoms with Crippen molar-refractivity contribution in [1.29, 1.82) is 0 Å². The highest BCUT2D eigenvalue weighted by molar-refractivity contribution is 5.86. The number of alkyl halides is 3. The zero-order valence-electron chi connectivity index (χ0n) is 10.0. The number of ketones is 1. The Balaban J connectivity index is 2.30. The van der Waals surface area contributed by atoms with Crippen LogP contribution >= 0.6 is 0 Å². The molecule has 1 heterocycles. The van der Waals surface area contributed by atoms with Crippen LogP contribution in [0.3, 0.4) is 0 Å². The molecule has 0 radical (unpaired) electrons. The first-order valence-electron chi connectivity index (χ1n) is 5.48. The van der Waals surface area contributed by atoms with Gasteiger partial charge >= 0.3 is 6.18 Å². The summed E-state index contributed by atoms with van der Waals surface area (Å²) >= 11 is 0. The van der Waals surface area contributed by atoms with E-state index >= 15 is 0 Å². The van der Waals surface area contributed by atoms with Crippen molar-refractivity contribution in [2.24, 2.45) is 0 Å². The summed E-state index contributed by atoms with van der Waals surface area (Å²) in [7, 11) is 1.36. The molecule has 1 aromatic rings. The lowest BCUT2D eigenvalue weighted by Gasteiger charge is -2.21. The van der Waals surface area contributed by atoms with E-state index in [0.717, 1.165) is 0 Å². The van der Waals surface area contributed by atoms with E-state index in [4.69, 9.17) is 14.2 Å². The number of rotatable bonds is 3. The molecule has 0 saturated heterocycles. The Labute approximate surface area is 107 Å². The summed E-state index contributed by atoms with van der Waals surface area (Å²) in [5.41, 5.74) is 0.170. The molecule has 7 heteroatoms. The standard InChI is InChI=1S/C12H11F3O4/c1-17-8-4-7(6-10(16)12(13,14)15)5-9-11(8)19-3-2-18-9/h4-5H,2-3,6H2,1H3. The van der Waals surface area contributed by atoms with Crippen molar-refractivity contribution < 1.29 is 32.2 Å². The molecule has 0 fully saturated rings. The minimum absolute atomic E-state index is 0.170. The molecule has 0 aromatic heterocycles. The van der Waals surface area contributed by atoms with Gasteiger partial charge in [0.25, 0.3) is 0 Å². The second kappa shape index (κ2) is 4.99. The topological polar surface area (TPSA) is 44.8 Å². The lowest BCUT2D eigenvalue weighted by Crippen LogP contribution is -2.24. The van der Waals surface area contributed by atoms with Gasteiger partial charge in [-0.3, -0.25) is 4.79 Å². The van der Waals surface area contributed by atoms with Crippen LogP contribution in [-0.4, -0.2) is 32.3 Å². The van der Waals surface area contributed by atoms with E-state index in [9.17, 15) is 18.0 Å². The minimum Gasteiger partial charge on any atom is -0.493 e. The van der Waals surface area contributed by atoms with Gasteiger partial charge in [-0.1, -0.05) is 0 Å². The zero-order valence-corrected chi connectivity index (χ0v) is 10.0. The third-order valence-electron chi connectivity index (χ3n) is 2.57. The lowest BCUT2D eigenvalue weighted by atomic mass is 10.1. The number of hydrogen-bond acceptors (Lipinski definition) is 4. The van der Waals surface area contributed by atoms with Gasteiger partial charge in [0.15, 0.2) is 11.5 Å². The predicted octanol–water partition coefficient (Wildman–Crippen LogP) is 2.14.